The zero-order valence-corrected chi connectivity index (χ0v) is 13.4. The molecule has 1 unspecified atom stereocenters. The minimum atomic E-state index is -3.71. The van der Waals surface area contributed by atoms with Gasteiger partial charge >= 0.3 is 0 Å². The van der Waals surface area contributed by atoms with Crippen LogP contribution in [0.25, 0.3) is 10.8 Å². The Bertz CT molecular complexity index is 835. The van der Waals surface area contributed by atoms with E-state index in [1.165, 1.54) is 4.90 Å². The van der Waals surface area contributed by atoms with Crippen LogP contribution in [0.15, 0.2) is 40.9 Å². The lowest BCUT2D eigenvalue weighted by molar-refractivity contribution is -0.117. The van der Waals surface area contributed by atoms with Crippen LogP contribution in [0.2, 0.25) is 0 Å². The van der Waals surface area contributed by atoms with Gasteiger partial charge in [0.1, 0.15) is 5.25 Å². The lowest BCUT2D eigenvalue weighted by Gasteiger charge is -2.19. The van der Waals surface area contributed by atoms with Crippen LogP contribution < -0.4 is 10.0 Å². The maximum absolute atomic E-state index is 12.2. The van der Waals surface area contributed by atoms with Crippen molar-refractivity contribution in [3.05, 3.63) is 40.9 Å². The molecule has 1 aliphatic heterocycles. The number of primary sulfonamides is 1. The molecule has 1 saturated heterocycles. The molecule has 1 aliphatic rings. The normalized spacial score (nSPS) is 19.4. The van der Waals surface area contributed by atoms with E-state index in [4.69, 9.17) is 5.14 Å². The summed E-state index contributed by atoms with van der Waals surface area (Å²) >= 11 is 3.48. The van der Waals surface area contributed by atoms with Crippen molar-refractivity contribution in [3.8, 4) is 0 Å². The van der Waals surface area contributed by atoms with Gasteiger partial charge in [-0.2, -0.15) is 0 Å². The third kappa shape index (κ3) is 2.56. The second-order valence-electron chi connectivity index (χ2n) is 5.03. The summed E-state index contributed by atoms with van der Waals surface area (Å²) in [5.41, 5.74) is 0.713. The van der Waals surface area contributed by atoms with Gasteiger partial charge in [-0.1, -0.05) is 40.2 Å². The third-order valence-electron chi connectivity index (χ3n) is 3.69. The van der Waals surface area contributed by atoms with Crippen molar-refractivity contribution >= 4 is 48.3 Å². The molecule has 0 aromatic heterocycles. The molecule has 110 valence electrons. The molecule has 0 bridgehead atoms. The van der Waals surface area contributed by atoms with Gasteiger partial charge in [0.2, 0.25) is 15.9 Å². The second-order valence-corrected chi connectivity index (χ2v) is 7.73. The Labute approximate surface area is 130 Å². The molecule has 2 N–H and O–H groups in total. The predicted octanol–water partition coefficient (Wildman–Crippen LogP) is 2.00. The van der Waals surface area contributed by atoms with Crippen molar-refractivity contribution in [1.29, 1.82) is 0 Å². The number of hydrogen-bond donors (Lipinski definition) is 1. The van der Waals surface area contributed by atoms with Gasteiger partial charge in [0.25, 0.3) is 0 Å². The average molecular weight is 369 g/mol. The van der Waals surface area contributed by atoms with Crippen LogP contribution >= 0.6 is 15.9 Å². The van der Waals surface area contributed by atoms with Gasteiger partial charge in [-0.15, -0.1) is 0 Å². The topological polar surface area (TPSA) is 80.5 Å². The van der Waals surface area contributed by atoms with Gasteiger partial charge < -0.3 is 4.90 Å². The maximum atomic E-state index is 12.2. The summed E-state index contributed by atoms with van der Waals surface area (Å²) in [5.74, 6) is -0.221. The Morgan fingerprint density at radius 2 is 1.81 bits per heavy atom. The third-order valence-corrected chi connectivity index (χ3v) is 5.63. The van der Waals surface area contributed by atoms with E-state index >= 15 is 0 Å². The number of nitrogens with two attached hydrogens (primary N) is 1. The number of nitrogens with zero attached hydrogens (tertiary/aromatic N) is 1. The number of sulfonamides is 1. The predicted molar refractivity (Wildman–Crippen MR) is 85.5 cm³/mol. The van der Waals surface area contributed by atoms with Crippen LogP contribution in [0.5, 0.6) is 0 Å². The molecule has 2 aromatic carbocycles. The summed E-state index contributed by atoms with van der Waals surface area (Å²) in [6, 6.07) is 11.3. The Morgan fingerprint density at radius 1 is 1.14 bits per heavy atom. The molecule has 1 atom stereocenters. The summed E-state index contributed by atoms with van der Waals surface area (Å²) in [6.07, 6.45) is -0.0662. The van der Waals surface area contributed by atoms with Crippen molar-refractivity contribution in [2.24, 2.45) is 5.14 Å². The molecule has 7 heteroatoms. The number of hydrogen-bond acceptors (Lipinski definition) is 3. The highest BCUT2D eigenvalue weighted by molar-refractivity contribution is 9.10. The molecule has 0 saturated carbocycles. The Hall–Kier alpha value is -1.44. The van der Waals surface area contributed by atoms with E-state index in [1.807, 2.05) is 36.4 Å². The van der Waals surface area contributed by atoms with E-state index in [1.54, 1.807) is 0 Å². The molecule has 1 amide bonds. The molecule has 1 fully saturated rings. The molecule has 21 heavy (non-hydrogen) atoms. The van der Waals surface area contributed by atoms with Crippen molar-refractivity contribution in [2.45, 2.75) is 11.7 Å². The molecular formula is C14H13BrN2O3S. The highest BCUT2D eigenvalue weighted by Gasteiger charge is 2.37. The number of rotatable bonds is 2. The molecule has 2 aromatic rings. The van der Waals surface area contributed by atoms with Gasteiger partial charge in [-0.05, 0) is 17.5 Å². The van der Waals surface area contributed by atoms with E-state index in [9.17, 15) is 13.2 Å². The fraction of sp³-hybridized carbons (Fsp3) is 0.214. The van der Waals surface area contributed by atoms with Gasteiger partial charge in [0, 0.05) is 22.8 Å². The minimum absolute atomic E-state index is 0.0662. The molecule has 1 heterocycles. The van der Waals surface area contributed by atoms with E-state index < -0.39 is 15.3 Å². The highest BCUT2D eigenvalue weighted by Crippen LogP contribution is 2.34. The summed E-state index contributed by atoms with van der Waals surface area (Å²) in [7, 11) is -3.71. The van der Waals surface area contributed by atoms with Crippen molar-refractivity contribution in [3.63, 3.8) is 0 Å². The van der Waals surface area contributed by atoms with E-state index in [0.29, 0.717) is 5.69 Å². The number of anilines is 1. The van der Waals surface area contributed by atoms with Crippen LogP contribution in [0.1, 0.15) is 6.42 Å². The molecular weight excluding hydrogens is 356 g/mol. The van der Waals surface area contributed by atoms with Crippen molar-refractivity contribution < 1.29 is 13.2 Å². The first kappa shape index (κ1) is 14.5. The van der Waals surface area contributed by atoms with Crippen LogP contribution in [0.4, 0.5) is 5.69 Å². The number of fused-ring (bicyclic) bond motifs is 1. The average Bonchev–Trinajstić information content (AvgIpc) is 2.82. The van der Waals surface area contributed by atoms with Crippen LogP contribution in [-0.2, 0) is 14.8 Å². The molecule has 0 aliphatic carbocycles. The highest BCUT2D eigenvalue weighted by atomic mass is 79.9. The van der Waals surface area contributed by atoms with Crippen molar-refractivity contribution in [2.75, 3.05) is 11.4 Å². The Kier molecular flexibility index (Phi) is 3.51. The number of carbonyl (C=O) groups is 1. The first-order valence-electron chi connectivity index (χ1n) is 6.37. The van der Waals surface area contributed by atoms with Crippen LogP contribution in [-0.4, -0.2) is 26.1 Å². The SMILES string of the molecule is NS(=O)(=O)C1CC(=O)N(c2ccc(Br)c3ccccc23)C1. The van der Waals surface area contributed by atoms with E-state index in [0.717, 1.165) is 15.2 Å². The minimum Gasteiger partial charge on any atom is -0.310 e. The number of amides is 1. The molecule has 5 nitrogen and oxygen atoms in total. The molecule has 3 rings (SSSR count). The number of benzene rings is 2. The monoisotopic (exact) mass is 368 g/mol. The number of halogens is 1. The summed E-state index contributed by atoms with van der Waals surface area (Å²) < 4.78 is 23.9. The summed E-state index contributed by atoms with van der Waals surface area (Å²) in [6.45, 7) is 0.100. The van der Waals surface area contributed by atoms with Crippen molar-refractivity contribution in [1.82, 2.24) is 0 Å². The molecule has 0 radical (unpaired) electrons. The lowest BCUT2D eigenvalue weighted by Crippen LogP contribution is -2.32. The Morgan fingerprint density at radius 3 is 2.43 bits per heavy atom. The maximum Gasteiger partial charge on any atom is 0.228 e. The summed E-state index contributed by atoms with van der Waals surface area (Å²) in [4.78, 5) is 13.7. The van der Waals surface area contributed by atoms with Gasteiger partial charge in [0.05, 0.1) is 5.69 Å². The standard InChI is InChI=1S/C14H13BrN2O3S/c15-12-5-6-13(11-4-2-1-3-10(11)12)17-8-9(7-14(17)18)21(16,19)20/h1-6,9H,7-8H2,(H2,16,19,20). The lowest BCUT2D eigenvalue weighted by atomic mass is 10.1. The largest absolute Gasteiger partial charge is 0.310 e. The first-order valence-corrected chi connectivity index (χ1v) is 8.77. The van der Waals surface area contributed by atoms with Crippen LogP contribution in [0.3, 0.4) is 0 Å². The van der Waals surface area contributed by atoms with E-state index in [2.05, 4.69) is 15.9 Å². The first-order chi connectivity index (χ1) is 9.88. The number of carbonyl (C=O) groups excluding carboxylic acids is 1. The van der Waals surface area contributed by atoms with E-state index in [-0.39, 0.29) is 18.9 Å². The Balaban J connectivity index is 2.10. The van der Waals surface area contributed by atoms with Gasteiger partial charge in [-0.3, -0.25) is 4.79 Å². The fourth-order valence-electron chi connectivity index (χ4n) is 2.61. The zero-order chi connectivity index (χ0) is 15.2. The molecule has 0 spiro atoms. The fourth-order valence-corrected chi connectivity index (χ4v) is 3.82. The zero-order valence-electron chi connectivity index (χ0n) is 11.0. The quantitative estimate of drug-likeness (QED) is 0.879. The van der Waals surface area contributed by atoms with Crippen LogP contribution in [0, 0.1) is 0 Å². The van der Waals surface area contributed by atoms with Gasteiger partial charge in [-0.25, -0.2) is 13.6 Å². The second kappa shape index (κ2) is 5.08. The summed E-state index contributed by atoms with van der Waals surface area (Å²) in [5, 5.41) is 6.20. The van der Waals surface area contributed by atoms with Gasteiger partial charge in [0.15, 0.2) is 0 Å². The smallest absolute Gasteiger partial charge is 0.228 e.